The number of aliphatic imine (C=N–C) groups is 1. The number of benzene rings is 2. The maximum absolute atomic E-state index is 13.3. The SMILES string of the molecule is CCCCN1C(=O)C(=C2Sc3ccc(OC)cc3N2C)SC1=NCc1ccccc1. The number of carbonyl (C=O) groups excluding carboxylic acids is 1. The Labute approximate surface area is 186 Å². The standard InChI is InChI=1S/C23H25N3O2S2/c1-4-5-13-26-21(27)20(30-23(26)24-15-16-9-7-6-8-10-16)22-25(2)18-14-17(28-3)11-12-19(18)29-22/h6-12,14H,4-5,13,15H2,1-3H3. The lowest BCUT2D eigenvalue weighted by molar-refractivity contribution is -0.122. The summed E-state index contributed by atoms with van der Waals surface area (Å²) in [6.07, 6.45) is 1.99. The molecule has 2 aromatic carbocycles. The summed E-state index contributed by atoms with van der Waals surface area (Å²) in [5, 5.41) is 1.75. The van der Waals surface area contributed by atoms with Crippen LogP contribution in [-0.4, -0.2) is 36.7 Å². The van der Waals surface area contributed by atoms with E-state index in [-0.39, 0.29) is 5.91 Å². The topological polar surface area (TPSA) is 45.1 Å². The highest BCUT2D eigenvalue weighted by Crippen LogP contribution is 2.50. The van der Waals surface area contributed by atoms with Crippen LogP contribution in [0.2, 0.25) is 0 Å². The molecular weight excluding hydrogens is 414 g/mol. The second kappa shape index (κ2) is 9.18. The van der Waals surface area contributed by atoms with Crippen LogP contribution in [0.4, 0.5) is 5.69 Å². The van der Waals surface area contributed by atoms with E-state index in [4.69, 9.17) is 9.73 Å². The molecule has 0 aromatic heterocycles. The monoisotopic (exact) mass is 439 g/mol. The van der Waals surface area contributed by atoms with E-state index >= 15 is 0 Å². The molecule has 2 aliphatic heterocycles. The highest BCUT2D eigenvalue weighted by Gasteiger charge is 2.38. The molecule has 7 heteroatoms. The number of unbranched alkanes of at least 4 members (excludes halogenated alkanes) is 1. The van der Waals surface area contributed by atoms with Crippen molar-refractivity contribution in [2.45, 2.75) is 31.2 Å². The second-order valence-corrected chi connectivity index (χ2v) is 9.13. The summed E-state index contributed by atoms with van der Waals surface area (Å²) in [5.74, 6) is 0.863. The number of amides is 1. The van der Waals surface area contributed by atoms with Crippen LogP contribution in [0.1, 0.15) is 25.3 Å². The van der Waals surface area contributed by atoms with E-state index in [1.165, 1.54) is 11.8 Å². The van der Waals surface area contributed by atoms with Gasteiger partial charge in [0.15, 0.2) is 5.17 Å². The lowest BCUT2D eigenvalue weighted by Crippen LogP contribution is -2.30. The fraction of sp³-hybridized carbons (Fsp3) is 0.304. The van der Waals surface area contributed by atoms with E-state index in [0.717, 1.165) is 49.8 Å². The molecule has 5 nitrogen and oxygen atoms in total. The van der Waals surface area contributed by atoms with Crippen LogP contribution in [-0.2, 0) is 11.3 Å². The molecule has 0 bridgehead atoms. The number of nitrogens with zero attached hydrogens (tertiary/aromatic N) is 3. The molecule has 2 aromatic rings. The first kappa shape index (κ1) is 20.9. The second-order valence-electron chi connectivity index (χ2n) is 7.13. The van der Waals surface area contributed by atoms with Crippen molar-refractivity contribution in [2.24, 2.45) is 4.99 Å². The summed E-state index contributed by atoms with van der Waals surface area (Å²) in [5.41, 5.74) is 2.20. The van der Waals surface area contributed by atoms with Crippen LogP contribution in [0.3, 0.4) is 0 Å². The average molecular weight is 440 g/mol. The Kier molecular flexibility index (Phi) is 6.39. The number of hydrogen-bond donors (Lipinski definition) is 0. The molecule has 2 heterocycles. The Balaban J connectivity index is 1.64. The first-order chi connectivity index (χ1) is 14.6. The number of thioether (sulfide) groups is 2. The van der Waals surface area contributed by atoms with Crippen molar-refractivity contribution in [1.29, 1.82) is 0 Å². The van der Waals surface area contributed by atoms with E-state index in [9.17, 15) is 4.79 Å². The lowest BCUT2D eigenvalue weighted by atomic mass is 10.2. The normalized spacial score (nSPS) is 19.7. The van der Waals surface area contributed by atoms with Gasteiger partial charge in [-0.05, 0) is 35.9 Å². The number of ether oxygens (including phenoxy) is 1. The zero-order chi connectivity index (χ0) is 21.1. The molecule has 0 N–H and O–H groups in total. The van der Waals surface area contributed by atoms with Gasteiger partial charge in [-0.1, -0.05) is 55.4 Å². The fourth-order valence-electron chi connectivity index (χ4n) is 3.36. The average Bonchev–Trinajstić information content (AvgIpc) is 3.27. The van der Waals surface area contributed by atoms with Crippen LogP contribution in [0.25, 0.3) is 0 Å². The molecule has 0 aliphatic carbocycles. The largest absolute Gasteiger partial charge is 0.497 e. The Bertz CT molecular complexity index is 1000. The molecule has 1 saturated heterocycles. The molecule has 1 amide bonds. The van der Waals surface area contributed by atoms with Crippen LogP contribution in [0.15, 0.2) is 68.4 Å². The van der Waals surface area contributed by atoms with Gasteiger partial charge in [-0.2, -0.15) is 0 Å². The molecule has 4 rings (SSSR count). The smallest absolute Gasteiger partial charge is 0.269 e. The van der Waals surface area contributed by atoms with Crippen LogP contribution in [0.5, 0.6) is 5.75 Å². The number of anilines is 1. The highest BCUT2D eigenvalue weighted by molar-refractivity contribution is 8.19. The highest BCUT2D eigenvalue weighted by atomic mass is 32.2. The quantitative estimate of drug-likeness (QED) is 0.569. The lowest BCUT2D eigenvalue weighted by Gasteiger charge is -2.16. The molecule has 0 saturated carbocycles. The summed E-state index contributed by atoms with van der Waals surface area (Å²) in [7, 11) is 3.67. The number of carbonyl (C=O) groups is 1. The molecule has 0 spiro atoms. The van der Waals surface area contributed by atoms with Crippen LogP contribution in [0, 0.1) is 0 Å². The van der Waals surface area contributed by atoms with Gasteiger partial charge in [0.25, 0.3) is 5.91 Å². The molecular formula is C23H25N3O2S2. The third-order valence-electron chi connectivity index (χ3n) is 5.07. The first-order valence-electron chi connectivity index (χ1n) is 10.0. The van der Waals surface area contributed by atoms with Crippen molar-refractivity contribution in [3.63, 3.8) is 0 Å². The minimum Gasteiger partial charge on any atom is -0.497 e. The van der Waals surface area contributed by atoms with Crippen LogP contribution < -0.4 is 9.64 Å². The van der Waals surface area contributed by atoms with Crippen molar-refractivity contribution in [1.82, 2.24) is 4.90 Å². The third-order valence-corrected chi connectivity index (χ3v) is 7.54. The predicted molar refractivity (Wildman–Crippen MR) is 126 cm³/mol. The number of rotatable bonds is 6. The van der Waals surface area contributed by atoms with Gasteiger partial charge in [0.05, 0.1) is 24.4 Å². The Morgan fingerprint density at radius 3 is 2.63 bits per heavy atom. The minimum absolute atomic E-state index is 0.0504. The summed E-state index contributed by atoms with van der Waals surface area (Å²) < 4.78 is 5.37. The molecule has 0 unspecified atom stereocenters. The Morgan fingerprint density at radius 2 is 1.90 bits per heavy atom. The van der Waals surface area contributed by atoms with Gasteiger partial charge in [0.1, 0.15) is 10.7 Å². The first-order valence-corrected chi connectivity index (χ1v) is 11.7. The number of fused-ring (bicyclic) bond motifs is 1. The number of hydrogen-bond acceptors (Lipinski definition) is 6. The maximum atomic E-state index is 13.3. The fourth-order valence-corrected chi connectivity index (χ4v) is 5.69. The molecule has 156 valence electrons. The van der Waals surface area contributed by atoms with Gasteiger partial charge >= 0.3 is 0 Å². The molecule has 30 heavy (non-hydrogen) atoms. The summed E-state index contributed by atoms with van der Waals surface area (Å²) in [6, 6.07) is 16.2. The third kappa shape index (κ3) is 4.09. The summed E-state index contributed by atoms with van der Waals surface area (Å²) in [4.78, 5) is 24.0. The van der Waals surface area contributed by atoms with Gasteiger partial charge < -0.3 is 9.64 Å². The van der Waals surface area contributed by atoms with E-state index in [2.05, 4.69) is 24.0 Å². The van der Waals surface area contributed by atoms with E-state index in [0.29, 0.717) is 13.1 Å². The summed E-state index contributed by atoms with van der Waals surface area (Å²) in [6.45, 7) is 3.41. The van der Waals surface area contributed by atoms with Crippen LogP contribution >= 0.6 is 23.5 Å². The zero-order valence-corrected chi connectivity index (χ0v) is 19.1. The maximum Gasteiger partial charge on any atom is 0.269 e. The van der Waals surface area contributed by atoms with Crippen molar-refractivity contribution in [3.8, 4) is 5.75 Å². The molecule has 0 atom stereocenters. The molecule has 2 aliphatic rings. The Morgan fingerprint density at radius 1 is 1.10 bits per heavy atom. The zero-order valence-electron chi connectivity index (χ0n) is 17.4. The van der Waals surface area contributed by atoms with Gasteiger partial charge in [-0.25, -0.2) is 0 Å². The van der Waals surface area contributed by atoms with Crippen molar-refractivity contribution >= 4 is 40.3 Å². The van der Waals surface area contributed by atoms with E-state index < -0.39 is 0 Å². The van der Waals surface area contributed by atoms with E-state index in [1.807, 2.05) is 48.3 Å². The number of amidine groups is 1. The predicted octanol–water partition coefficient (Wildman–Crippen LogP) is 5.34. The minimum atomic E-state index is 0.0504. The number of methoxy groups -OCH3 is 1. The Hall–Kier alpha value is -2.38. The van der Waals surface area contributed by atoms with Crippen molar-refractivity contribution in [2.75, 3.05) is 25.6 Å². The molecule has 0 radical (unpaired) electrons. The van der Waals surface area contributed by atoms with Crippen molar-refractivity contribution in [3.05, 3.63) is 64.0 Å². The van der Waals surface area contributed by atoms with Gasteiger partial charge in [-0.15, -0.1) is 0 Å². The molecule has 1 fully saturated rings. The summed E-state index contributed by atoms with van der Waals surface area (Å²) >= 11 is 3.12. The van der Waals surface area contributed by atoms with Gasteiger partial charge in [0, 0.05) is 24.6 Å². The van der Waals surface area contributed by atoms with Crippen molar-refractivity contribution < 1.29 is 9.53 Å². The van der Waals surface area contributed by atoms with Gasteiger partial charge in [-0.3, -0.25) is 14.7 Å². The van der Waals surface area contributed by atoms with E-state index in [1.54, 1.807) is 18.9 Å². The van der Waals surface area contributed by atoms with Gasteiger partial charge in [0.2, 0.25) is 0 Å².